The highest BCUT2D eigenvalue weighted by Crippen LogP contribution is 2.27. The largest absolute Gasteiger partial charge is 0.355 e. The summed E-state index contributed by atoms with van der Waals surface area (Å²) in [4.78, 5) is 22.7. The monoisotopic (exact) mass is 351 g/mol. The topological polar surface area (TPSA) is 98.9 Å². The van der Waals surface area contributed by atoms with Gasteiger partial charge in [-0.2, -0.15) is 5.10 Å². The fraction of sp³-hybridized carbons (Fsp3) is 0.211. The Labute approximate surface area is 151 Å². The van der Waals surface area contributed by atoms with Gasteiger partial charge in [0.25, 0.3) is 0 Å². The third-order valence-electron chi connectivity index (χ3n) is 3.96. The molecule has 0 unspecified atom stereocenters. The van der Waals surface area contributed by atoms with Crippen LogP contribution in [0.4, 0.5) is 10.6 Å². The third-order valence-corrected chi connectivity index (χ3v) is 3.96. The fourth-order valence-corrected chi connectivity index (χ4v) is 2.61. The van der Waals surface area contributed by atoms with E-state index in [2.05, 4.69) is 57.3 Å². The minimum absolute atomic E-state index is 0.130. The van der Waals surface area contributed by atoms with Crippen LogP contribution < -0.4 is 16.0 Å². The van der Waals surface area contributed by atoms with Crippen LogP contribution in [0.1, 0.15) is 12.5 Å². The van der Waals surface area contributed by atoms with Gasteiger partial charge >= 0.3 is 6.03 Å². The molecule has 3 aromatic rings. The third kappa shape index (κ3) is 4.18. The summed E-state index contributed by atoms with van der Waals surface area (Å²) in [5.74, 6) is 0.336. The molecule has 7 heteroatoms. The number of carbonyl (C=O) groups is 2. The van der Waals surface area contributed by atoms with Crippen LogP contribution in [0.5, 0.6) is 0 Å². The van der Waals surface area contributed by atoms with Gasteiger partial charge in [-0.15, -0.1) is 0 Å². The van der Waals surface area contributed by atoms with Crippen molar-refractivity contribution in [2.24, 2.45) is 0 Å². The lowest BCUT2D eigenvalue weighted by Crippen LogP contribution is -2.36. The van der Waals surface area contributed by atoms with Crippen LogP contribution >= 0.6 is 0 Å². The Morgan fingerprint density at radius 2 is 1.69 bits per heavy atom. The van der Waals surface area contributed by atoms with Crippen molar-refractivity contribution in [1.29, 1.82) is 0 Å². The van der Waals surface area contributed by atoms with Crippen molar-refractivity contribution >= 4 is 28.7 Å². The number of nitrogens with zero attached hydrogens (tertiary/aromatic N) is 1. The minimum Gasteiger partial charge on any atom is -0.355 e. The van der Waals surface area contributed by atoms with Gasteiger partial charge in [0.15, 0.2) is 5.82 Å². The molecule has 3 rings (SSSR count). The molecule has 0 radical (unpaired) electrons. The first-order valence-electron chi connectivity index (χ1n) is 8.37. The fourth-order valence-electron chi connectivity index (χ4n) is 2.61. The number of rotatable bonds is 5. The van der Waals surface area contributed by atoms with E-state index >= 15 is 0 Å². The summed E-state index contributed by atoms with van der Waals surface area (Å²) in [7, 11) is 0. The molecule has 4 N–H and O–H groups in total. The highest BCUT2D eigenvalue weighted by molar-refractivity contribution is 6.00. The maximum atomic E-state index is 11.9. The van der Waals surface area contributed by atoms with Gasteiger partial charge < -0.3 is 10.6 Å². The molecule has 1 heterocycles. The van der Waals surface area contributed by atoms with E-state index in [0.29, 0.717) is 18.9 Å². The highest BCUT2D eigenvalue weighted by atomic mass is 16.2. The first-order valence-corrected chi connectivity index (χ1v) is 8.37. The maximum Gasteiger partial charge on any atom is 0.320 e. The molecule has 3 amide bonds. The first kappa shape index (κ1) is 17.5. The van der Waals surface area contributed by atoms with E-state index in [1.54, 1.807) is 0 Å². The van der Waals surface area contributed by atoms with E-state index in [0.717, 1.165) is 22.0 Å². The van der Waals surface area contributed by atoms with E-state index < -0.39 is 0 Å². The lowest BCUT2D eigenvalue weighted by molar-refractivity contribution is -0.118. The van der Waals surface area contributed by atoms with Crippen LogP contribution in [0, 0.1) is 6.92 Å². The summed E-state index contributed by atoms with van der Waals surface area (Å²) < 4.78 is 0. The Morgan fingerprint density at radius 1 is 1.00 bits per heavy atom. The normalized spacial score (nSPS) is 10.5. The molecular weight excluding hydrogens is 330 g/mol. The number of H-pyrrole nitrogens is 1. The summed E-state index contributed by atoms with van der Waals surface area (Å²) in [5.41, 5.74) is 4.26. The molecule has 0 fully saturated rings. The predicted octanol–water partition coefficient (Wildman–Crippen LogP) is 2.80. The zero-order valence-electron chi connectivity index (χ0n) is 14.7. The molecule has 0 spiro atoms. The number of urea groups is 1. The Balaban J connectivity index is 1.68. The van der Waals surface area contributed by atoms with Crippen LogP contribution in [0.25, 0.3) is 22.0 Å². The molecule has 0 bridgehead atoms. The Kier molecular flexibility index (Phi) is 5.17. The van der Waals surface area contributed by atoms with Crippen molar-refractivity contribution in [2.45, 2.75) is 13.8 Å². The molecule has 1 aromatic heterocycles. The lowest BCUT2D eigenvalue weighted by atomic mass is 10.0. The number of aromatic amines is 1. The average molecular weight is 351 g/mol. The van der Waals surface area contributed by atoms with Crippen LogP contribution in [-0.2, 0) is 4.79 Å². The van der Waals surface area contributed by atoms with Crippen molar-refractivity contribution in [3.05, 3.63) is 48.0 Å². The van der Waals surface area contributed by atoms with Gasteiger partial charge in [-0.1, -0.05) is 35.9 Å². The van der Waals surface area contributed by atoms with Gasteiger partial charge in [-0.25, -0.2) is 4.79 Å². The molecule has 26 heavy (non-hydrogen) atoms. The Bertz CT molecular complexity index is 931. The second-order valence-electron chi connectivity index (χ2n) is 6.06. The highest BCUT2D eigenvalue weighted by Gasteiger charge is 2.10. The van der Waals surface area contributed by atoms with Gasteiger partial charge in [0, 0.05) is 25.4 Å². The molecule has 0 saturated heterocycles. The second-order valence-corrected chi connectivity index (χ2v) is 6.06. The number of fused-ring (bicyclic) bond motifs is 1. The van der Waals surface area contributed by atoms with E-state index in [1.807, 2.05) is 18.2 Å². The van der Waals surface area contributed by atoms with Crippen LogP contribution in [0.15, 0.2) is 42.5 Å². The van der Waals surface area contributed by atoms with Crippen LogP contribution in [0.3, 0.4) is 0 Å². The van der Waals surface area contributed by atoms with E-state index in [1.165, 1.54) is 12.5 Å². The molecule has 0 aliphatic carbocycles. The van der Waals surface area contributed by atoms with Crippen molar-refractivity contribution in [1.82, 2.24) is 20.8 Å². The molecule has 134 valence electrons. The molecule has 7 nitrogen and oxygen atoms in total. The zero-order valence-corrected chi connectivity index (χ0v) is 14.7. The second kappa shape index (κ2) is 7.69. The van der Waals surface area contributed by atoms with Crippen LogP contribution in [0.2, 0.25) is 0 Å². The molecule has 0 saturated carbocycles. The van der Waals surface area contributed by atoms with Gasteiger partial charge in [0.2, 0.25) is 5.91 Å². The number of anilines is 1. The predicted molar refractivity (Wildman–Crippen MR) is 102 cm³/mol. The number of benzene rings is 2. The number of aromatic nitrogens is 2. The zero-order chi connectivity index (χ0) is 18.5. The Hall–Kier alpha value is -3.35. The van der Waals surface area contributed by atoms with Crippen molar-refractivity contribution < 1.29 is 9.59 Å². The van der Waals surface area contributed by atoms with E-state index in [4.69, 9.17) is 0 Å². The number of carbonyl (C=O) groups excluding carboxylic acids is 2. The SMILES string of the molecule is CC(=O)NCCNC(=O)Nc1n[nH]c2cc(-c3ccc(C)cc3)ccc12. The molecular formula is C19H21N5O2. The smallest absolute Gasteiger partial charge is 0.320 e. The van der Waals surface area contributed by atoms with Gasteiger partial charge in [0.05, 0.1) is 5.52 Å². The summed E-state index contributed by atoms with van der Waals surface area (Å²) >= 11 is 0. The van der Waals surface area contributed by atoms with Crippen molar-refractivity contribution in [2.75, 3.05) is 18.4 Å². The molecule has 0 aliphatic rings. The van der Waals surface area contributed by atoms with Gasteiger partial charge in [0.1, 0.15) is 0 Å². The summed E-state index contributed by atoms with van der Waals surface area (Å²) in [6.45, 7) is 4.21. The average Bonchev–Trinajstić information content (AvgIpc) is 3.01. The number of aryl methyl sites for hydroxylation is 1. The Morgan fingerprint density at radius 3 is 2.42 bits per heavy atom. The quantitative estimate of drug-likeness (QED) is 0.532. The molecule has 2 aromatic carbocycles. The maximum absolute atomic E-state index is 11.9. The lowest BCUT2D eigenvalue weighted by Gasteiger charge is -2.06. The van der Waals surface area contributed by atoms with Crippen molar-refractivity contribution in [3.8, 4) is 11.1 Å². The van der Waals surface area contributed by atoms with E-state index in [-0.39, 0.29) is 11.9 Å². The summed E-state index contributed by atoms with van der Waals surface area (Å²) in [6.07, 6.45) is 0. The van der Waals surface area contributed by atoms with Crippen LogP contribution in [-0.4, -0.2) is 35.2 Å². The van der Waals surface area contributed by atoms with Gasteiger partial charge in [-0.3, -0.25) is 15.2 Å². The minimum atomic E-state index is -0.369. The summed E-state index contributed by atoms with van der Waals surface area (Å²) in [6, 6.07) is 13.9. The first-order chi connectivity index (χ1) is 12.5. The number of hydrogen-bond acceptors (Lipinski definition) is 3. The summed E-state index contributed by atoms with van der Waals surface area (Å²) in [5, 5.41) is 15.9. The number of hydrogen-bond donors (Lipinski definition) is 4. The molecule has 0 atom stereocenters. The van der Waals surface area contributed by atoms with Gasteiger partial charge in [-0.05, 0) is 30.2 Å². The number of nitrogens with one attached hydrogen (secondary N) is 4. The van der Waals surface area contributed by atoms with E-state index in [9.17, 15) is 9.59 Å². The number of amides is 3. The molecule has 0 aliphatic heterocycles. The standard InChI is InChI=1S/C19H21N5O2/c1-12-3-5-14(6-4-12)15-7-8-16-17(11-15)23-24-18(16)22-19(26)21-10-9-20-13(2)25/h3-8,11H,9-10H2,1-2H3,(H,20,25)(H3,21,22,23,24,26). The van der Waals surface area contributed by atoms with Crippen molar-refractivity contribution in [3.63, 3.8) is 0 Å².